The van der Waals surface area contributed by atoms with Crippen LogP contribution in [0, 0.1) is 0 Å². The van der Waals surface area contributed by atoms with Crippen LogP contribution in [0.3, 0.4) is 0 Å². The van der Waals surface area contributed by atoms with Gasteiger partial charge in [0.1, 0.15) is 18.8 Å². The number of aliphatic hydroxyl groups excluding tert-OH is 1. The number of rotatable bonds is 6. The summed E-state index contributed by atoms with van der Waals surface area (Å²) in [5, 5.41) is 10.3. The zero-order chi connectivity index (χ0) is 19.2. The van der Waals surface area contributed by atoms with Crippen molar-refractivity contribution in [1.29, 1.82) is 0 Å². The van der Waals surface area contributed by atoms with Crippen LogP contribution in [0.15, 0.2) is 60.7 Å². The van der Waals surface area contributed by atoms with Crippen LogP contribution in [-0.2, 0) is 18.9 Å². The molecule has 0 aromatic heterocycles. The van der Waals surface area contributed by atoms with Crippen molar-refractivity contribution in [2.45, 2.75) is 24.6 Å². The standard InChI is InChI=1S/C20H20O7/c1-24-20-16(21)17(27-19(23)14-10-6-3-7-11-14)15(26-20)12-25-18(22)13-8-4-2-5-9-13/h2-11,15-17,20-21H,12H2,1H3/t15-,16?,17-,20-/m1/s1. The molecule has 1 fully saturated rings. The third-order valence-electron chi connectivity index (χ3n) is 4.16. The predicted octanol–water partition coefficient (Wildman–Crippen LogP) is 1.80. The Morgan fingerprint density at radius 3 is 2.07 bits per heavy atom. The fourth-order valence-corrected chi connectivity index (χ4v) is 2.76. The lowest BCUT2D eigenvalue weighted by atomic mass is 10.1. The molecule has 1 N–H and O–H groups in total. The molecule has 1 unspecified atom stereocenters. The van der Waals surface area contributed by atoms with Gasteiger partial charge in [0.15, 0.2) is 12.4 Å². The van der Waals surface area contributed by atoms with Crippen molar-refractivity contribution >= 4 is 11.9 Å². The van der Waals surface area contributed by atoms with E-state index in [0.29, 0.717) is 11.1 Å². The summed E-state index contributed by atoms with van der Waals surface area (Å²) in [6.45, 7) is -0.197. The number of benzene rings is 2. The number of carbonyl (C=O) groups excluding carboxylic acids is 2. The van der Waals surface area contributed by atoms with Crippen LogP contribution in [0.1, 0.15) is 20.7 Å². The first-order valence-electron chi connectivity index (χ1n) is 8.44. The van der Waals surface area contributed by atoms with E-state index in [4.69, 9.17) is 18.9 Å². The van der Waals surface area contributed by atoms with Gasteiger partial charge in [-0.05, 0) is 24.3 Å². The fourth-order valence-electron chi connectivity index (χ4n) is 2.76. The monoisotopic (exact) mass is 372 g/mol. The van der Waals surface area contributed by atoms with E-state index < -0.39 is 36.5 Å². The second-order valence-electron chi connectivity index (χ2n) is 5.97. The summed E-state index contributed by atoms with van der Waals surface area (Å²) in [6, 6.07) is 16.9. The fraction of sp³-hybridized carbons (Fsp3) is 0.300. The van der Waals surface area contributed by atoms with E-state index in [1.807, 2.05) is 0 Å². The van der Waals surface area contributed by atoms with Gasteiger partial charge in [0.25, 0.3) is 0 Å². The quantitative estimate of drug-likeness (QED) is 0.773. The van der Waals surface area contributed by atoms with Crippen LogP contribution in [0.4, 0.5) is 0 Å². The van der Waals surface area contributed by atoms with Crippen LogP contribution in [-0.4, -0.2) is 55.4 Å². The Labute approximate surface area is 156 Å². The molecule has 4 atom stereocenters. The highest BCUT2D eigenvalue weighted by Gasteiger charge is 2.47. The van der Waals surface area contributed by atoms with Crippen LogP contribution >= 0.6 is 0 Å². The Balaban J connectivity index is 1.66. The van der Waals surface area contributed by atoms with Gasteiger partial charge in [-0.2, -0.15) is 0 Å². The largest absolute Gasteiger partial charge is 0.459 e. The lowest BCUT2D eigenvalue weighted by Gasteiger charge is -2.20. The van der Waals surface area contributed by atoms with E-state index in [0.717, 1.165) is 0 Å². The van der Waals surface area contributed by atoms with Gasteiger partial charge in [-0.25, -0.2) is 9.59 Å². The third kappa shape index (κ3) is 4.51. The maximum absolute atomic E-state index is 12.3. The summed E-state index contributed by atoms with van der Waals surface area (Å²) < 4.78 is 21.2. The van der Waals surface area contributed by atoms with Crippen LogP contribution in [0.2, 0.25) is 0 Å². The second-order valence-corrected chi connectivity index (χ2v) is 5.97. The lowest BCUT2D eigenvalue weighted by molar-refractivity contribution is -0.153. The number of aliphatic hydroxyl groups is 1. The van der Waals surface area contributed by atoms with Crippen molar-refractivity contribution in [1.82, 2.24) is 0 Å². The first kappa shape index (κ1) is 19.0. The molecule has 1 aliphatic rings. The molecule has 2 aromatic rings. The maximum Gasteiger partial charge on any atom is 0.338 e. The highest BCUT2D eigenvalue weighted by atomic mass is 16.7. The zero-order valence-electron chi connectivity index (χ0n) is 14.7. The van der Waals surface area contributed by atoms with Crippen molar-refractivity contribution < 1.29 is 33.6 Å². The molecule has 0 radical (unpaired) electrons. The molecule has 1 aliphatic heterocycles. The molecule has 142 valence electrons. The molecule has 0 bridgehead atoms. The molecule has 1 saturated heterocycles. The van der Waals surface area contributed by atoms with E-state index in [1.54, 1.807) is 60.7 Å². The van der Waals surface area contributed by atoms with Crippen LogP contribution in [0.25, 0.3) is 0 Å². The number of ether oxygens (including phenoxy) is 4. The first-order valence-corrected chi connectivity index (χ1v) is 8.44. The Bertz CT molecular complexity index is 762. The molecule has 27 heavy (non-hydrogen) atoms. The summed E-state index contributed by atoms with van der Waals surface area (Å²) in [7, 11) is 1.36. The second kappa shape index (κ2) is 8.77. The predicted molar refractivity (Wildman–Crippen MR) is 94.0 cm³/mol. The van der Waals surface area contributed by atoms with Crippen molar-refractivity contribution in [2.24, 2.45) is 0 Å². The van der Waals surface area contributed by atoms with E-state index >= 15 is 0 Å². The lowest BCUT2D eigenvalue weighted by Crippen LogP contribution is -2.39. The number of methoxy groups -OCH3 is 1. The van der Waals surface area contributed by atoms with E-state index in [9.17, 15) is 14.7 Å². The van der Waals surface area contributed by atoms with Gasteiger partial charge in [-0.3, -0.25) is 0 Å². The summed E-state index contributed by atoms with van der Waals surface area (Å²) >= 11 is 0. The molecule has 7 heteroatoms. The Hall–Kier alpha value is -2.74. The first-order chi connectivity index (χ1) is 13.1. The average molecular weight is 372 g/mol. The smallest absolute Gasteiger partial charge is 0.338 e. The maximum atomic E-state index is 12.3. The normalized spacial score (nSPS) is 24.4. The molecular formula is C20H20O7. The molecule has 3 rings (SSSR count). The van der Waals surface area contributed by atoms with Gasteiger partial charge in [0, 0.05) is 7.11 Å². The summed E-state index contributed by atoms with van der Waals surface area (Å²) in [6.07, 6.45) is -4.08. The third-order valence-corrected chi connectivity index (χ3v) is 4.16. The molecule has 0 amide bonds. The highest BCUT2D eigenvalue weighted by molar-refractivity contribution is 5.90. The van der Waals surface area contributed by atoms with Gasteiger partial charge < -0.3 is 24.1 Å². The highest BCUT2D eigenvalue weighted by Crippen LogP contribution is 2.26. The topological polar surface area (TPSA) is 91.3 Å². The summed E-state index contributed by atoms with van der Waals surface area (Å²) in [5.74, 6) is -1.15. The Kier molecular flexibility index (Phi) is 6.18. The van der Waals surface area contributed by atoms with Crippen molar-refractivity contribution in [3.8, 4) is 0 Å². The van der Waals surface area contributed by atoms with Gasteiger partial charge in [0.05, 0.1) is 11.1 Å². The Morgan fingerprint density at radius 2 is 1.52 bits per heavy atom. The van der Waals surface area contributed by atoms with E-state index in [2.05, 4.69) is 0 Å². The zero-order valence-corrected chi connectivity index (χ0v) is 14.7. The van der Waals surface area contributed by atoms with Gasteiger partial charge >= 0.3 is 11.9 Å². The molecule has 2 aromatic carbocycles. The van der Waals surface area contributed by atoms with Crippen LogP contribution < -0.4 is 0 Å². The molecule has 1 heterocycles. The van der Waals surface area contributed by atoms with Gasteiger partial charge in [-0.15, -0.1) is 0 Å². The van der Waals surface area contributed by atoms with Gasteiger partial charge in [0.2, 0.25) is 0 Å². The average Bonchev–Trinajstić information content (AvgIpc) is 3.02. The summed E-state index contributed by atoms with van der Waals surface area (Å²) in [4.78, 5) is 24.4. The number of esters is 2. The SMILES string of the molecule is CO[C@@H]1O[C@H](COC(=O)c2ccccc2)[C@@H](OC(=O)c2ccccc2)C1O. The minimum absolute atomic E-state index is 0.197. The Morgan fingerprint density at radius 1 is 0.963 bits per heavy atom. The minimum atomic E-state index is -1.21. The van der Waals surface area contributed by atoms with Crippen molar-refractivity contribution in [2.75, 3.05) is 13.7 Å². The number of carbonyl (C=O) groups is 2. The molecule has 7 nitrogen and oxygen atoms in total. The van der Waals surface area contributed by atoms with Crippen molar-refractivity contribution in [3.05, 3.63) is 71.8 Å². The van der Waals surface area contributed by atoms with Crippen molar-refractivity contribution in [3.63, 3.8) is 0 Å². The van der Waals surface area contributed by atoms with E-state index in [1.165, 1.54) is 7.11 Å². The molecular weight excluding hydrogens is 352 g/mol. The van der Waals surface area contributed by atoms with Gasteiger partial charge in [-0.1, -0.05) is 36.4 Å². The minimum Gasteiger partial charge on any atom is -0.459 e. The number of hydrogen-bond acceptors (Lipinski definition) is 7. The summed E-state index contributed by atoms with van der Waals surface area (Å²) in [5.41, 5.74) is 0.725. The van der Waals surface area contributed by atoms with Crippen LogP contribution in [0.5, 0.6) is 0 Å². The molecule has 0 saturated carbocycles. The number of hydrogen-bond donors (Lipinski definition) is 1. The van der Waals surface area contributed by atoms with E-state index in [-0.39, 0.29) is 6.61 Å². The molecule has 0 spiro atoms. The molecule has 0 aliphatic carbocycles.